The lowest BCUT2D eigenvalue weighted by Crippen LogP contribution is -1.79. The molecule has 0 N–H and O–H groups in total. The van der Waals surface area contributed by atoms with Crippen molar-refractivity contribution in [1.29, 1.82) is 0 Å². The maximum absolute atomic E-state index is 4.91. The highest BCUT2D eigenvalue weighted by Crippen LogP contribution is 2.15. The molecule has 1 aromatic rings. The molecule has 0 bridgehead atoms. The third-order valence-electron chi connectivity index (χ3n) is 1.09. The first kappa shape index (κ1) is 7.63. The SMILES string of the molecule is COCSc1ccccc1. The van der Waals surface area contributed by atoms with Gasteiger partial charge in [0, 0.05) is 12.0 Å². The van der Waals surface area contributed by atoms with E-state index < -0.39 is 0 Å². The predicted octanol–water partition coefficient (Wildman–Crippen LogP) is 2.38. The van der Waals surface area contributed by atoms with Gasteiger partial charge in [-0.05, 0) is 12.1 Å². The van der Waals surface area contributed by atoms with Gasteiger partial charge in [0.15, 0.2) is 0 Å². The van der Waals surface area contributed by atoms with Gasteiger partial charge < -0.3 is 4.74 Å². The molecule has 0 aliphatic carbocycles. The summed E-state index contributed by atoms with van der Waals surface area (Å²) in [6.07, 6.45) is 0. The summed E-state index contributed by atoms with van der Waals surface area (Å²) in [5, 5.41) is 0. The highest BCUT2D eigenvalue weighted by molar-refractivity contribution is 7.99. The Morgan fingerprint density at radius 3 is 2.60 bits per heavy atom. The second kappa shape index (κ2) is 4.36. The molecule has 0 spiro atoms. The molecule has 0 saturated heterocycles. The van der Waals surface area contributed by atoms with E-state index in [0.29, 0.717) is 0 Å². The molecular formula is C8H10OS. The van der Waals surface area contributed by atoms with Crippen LogP contribution in [0.1, 0.15) is 0 Å². The molecule has 0 radical (unpaired) electrons. The van der Waals surface area contributed by atoms with Crippen LogP contribution in [0.2, 0.25) is 0 Å². The molecule has 0 aromatic heterocycles. The summed E-state index contributed by atoms with van der Waals surface area (Å²) in [6.45, 7) is 0. The fourth-order valence-corrected chi connectivity index (χ4v) is 1.25. The van der Waals surface area contributed by atoms with Gasteiger partial charge in [0.1, 0.15) is 0 Å². The highest BCUT2D eigenvalue weighted by Gasteiger charge is 1.87. The first-order chi connectivity index (χ1) is 4.93. The second-order valence-electron chi connectivity index (χ2n) is 1.86. The maximum atomic E-state index is 4.91. The third-order valence-corrected chi connectivity index (χ3v) is 2.05. The van der Waals surface area contributed by atoms with Crippen molar-refractivity contribution in [1.82, 2.24) is 0 Å². The molecule has 0 saturated carbocycles. The van der Waals surface area contributed by atoms with E-state index >= 15 is 0 Å². The molecule has 0 unspecified atom stereocenters. The van der Waals surface area contributed by atoms with Gasteiger partial charge in [-0.3, -0.25) is 0 Å². The van der Waals surface area contributed by atoms with Crippen LogP contribution >= 0.6 is 11.8 Å². The van der Waals surface area contributed by atoms with Gasteiger partial charge in [-0.25, -0.2) is 0 Å². The zero-order valence-electron chi connectivity index (χ0n) is 5.91. The van der Waals surface area contributed by atoms with Gasteiger partial charge in [-0.2, -0.15) is 0 Å². The van der Waals surface area contributed by atoms with E-state index in [9.17, 15) is 0 Å². The molecule has 0 heterocycles. The molecular weight excluding hydrogens is 144 g/mol. The summed E-state index contributed by atoms with van der Waals surface area (Å²) in [5.41, 5.74) is 0. The zero-order valence-corrected chi connectivity index (χ0v) is 6.73. The van der Waals surface area contributed by atoms with Crippen LogP contribution in [0.4, 0.5) is 0 Å². The summed E-state index contributed by atoms with van der Waals surface area (Å²) in [4.78, 5) is 1.25. The monoisotopic (exact) mass is 154 g/mol. The number of thioether (sulfide) groups is 1. The lowest BCUT2D eigenvalue weighted by atomic mass is 10.4. The molecule has 10 heavy (non-hydrogen) atoms. The van der Waals surface area contributed by atoms with Crippen LogP contribution in [-0.2, 0) is 4.74 Å². The molecule has 1 rings (SSSR count). The van der Waals surface area contributed by atoms with E-state index in [4.69, 9.17) is 4.74 Å². The van der Waals surface area contributed by atoms with Crippen molar-refractivity contribution in [2.45, 2.75) is 4.90 Å². The maximum Gasteiger partial charge on any atom is 0.0963 e. The van der Waals surface area contributed by atoms with Gasteiger partial charge in [-0.15, -0.1) is 0 Å². The quantitative estimate of drug-likeness (QED) is 0.488. The molecule has 0 amide bonds. The molecule has 2 heteroatoms. The van der Waals surface area contributed by atoms with E-state index in [1.54, 1.807) is 18.9 Å². The van der Waals surface area contributed by atoms with E-state index in [1.165, 1.54) is 4.90 Å². The average molecular weight is 154 g/mol. The summed E-state index contributed by atoms with van der Waals surface area (Å²) >= 11 is 1.70. The van der Waals surface area contributed by atoms with E-state index in [2.05, 4.69) is 12.1 Å². The molecule has 0 aliphatic heterocycles. The van der Waals surface area contributed by atoms with Crippen molar-refractivity contribution in [2.75, 3.05) is 13.0 Å². The smallest absolute Gasteiger partial charge is 0.0963 e. The van der Waals surface area contributed by atoms with Crippen LogP contribution in [0, 0.1) is 0 Å². The second-order valence-corrected chi connectivity index (χ2v) is 2.86. The molecule has 1 aromatic carbocycles. The van der Waals surface area contributed by atoms with Crippen molar-refractivity contribution in [3.8, 4) is 0 Å². The van der Waals surface area contributed by atoms with Crippen LogP contribution in [0.15, 0.2) is 35.2 Å². The lowest BCUT2D eigenvalue weighted by molar-refractivity contribution is 0.259. The Labute approximate surface area is 65.4 Å². The normalized spacial score (nSPS) is 9.70. The fraction of sp³-hybridized carbons (Fsp3) is 0.250. The van der Waals surface area contributed by atoms with Gasteiger partial charge in [0.25, 0.3) is 0 Å². The van der Waals surface area contributed by atoms with Crippen molar-refractivity contribution < 1.29 is 4.74 Å². The van der Waals surface area contributed by atoms with Gasteiger partial charge in [-0.1, -0.05) is 30.0 Å². The summed E-state index contributed by atoms with van der Waals surface area (Å²) < 4.78 is 4.91. The summed E-state index contributed by atoms with van der Waals surface area (Å²) in [6, 6.07) is 10.2. The predicted molar refractivity (Wildman–Crippen MR) is 44.2 cm³/mol. The highest BCUT2D eigenvalue weighted by atomic mass is 32.2. The Morgan fingerprint density at radius 1 is 1.30 bits per heavy atom. The van der Waals surface area contributed by atoms with Crippen molar-refractivity contribution in [3.63, 3.8) is 0 Å². The first-order valence-electron chi connectivity index (χ1n) is 3.10. The number of ether oxygens (including phenoxy) is 1. The Hall–Kier alpha value is -0.470. The number of methoxy groups -OCH3 is 1. The van der Waals surface area contributed by atoms with E-state index in [0.717, 1.165) is 5.94 Å². The standard InChI is InChI=1S/C8H10OS/c1-9-7-10-8-5-3-2-4-6-8/h2-6H,7H2,1H3. The van der Waals surface area contributed by atoms with Gasteiger partial charge in [0.2, 0.25) is 0 Å². The van der Waals surface area contributed by atoms with Crippen LogP contribution in [0.3, 0.4) is 0 Å². The zero-order chi connectivity index (χ0) is 7.23. The van der Waals surface area contributed by atoms with E-state index in [-0.39, 0.29) is 0 Å². The molecule has 0 atom stereocenters. The Bertz CT molecular complexity index is 174. The van der Waals surface area contributed by atoms with Crippen molar-refractivity contribution in [3.05, 3.63) is 30.3 Å². The molecule has 1 nitrogen and oxygen atoms in total. The molecule has 54 valence electrons. The Morgan fingerprint density at radius 2 is 2.00 bits per heavy atom. The fourth-order valence-electron chi connectivity index (χ4n) is 0.644. The minimum atomic E-state index is 0.726. The Kier molecular flexibility index (Phi) is 3.33. The first-order valence-corrected chi connectivity index (χ1v) is 4.09. The average Bonchev–Trinajstić information content (AvgIpc) is 2.03. The molecule has 0 fully saturated rings. The summed E-state index contributed by atoms with van der Waals surface area (Å²) in [7, 11) is 1.70. The number of rotatable bonds is 3. The van der Waals surface area contributed by atoms with Gasteiger partial charge in [0.05, 0.1) is 5.94 Å². The van der Waals surface area contributed by atoms with E-state index in [1.807, 2.05) is 18.2 Å². The van der Waals surface area contributed by atoms with Crippen molar-refractivity contribution >= 4 is 11.8 Å². The number of hydrogen-bond donors (Lipinski definition) is 0. The largest absolute Gasteiger partial charge is 0.374 e. The Balaban J connectivity index is 2.43. The van der Waals surface area contributed by atoms with Crippen molar-refractivity contribution in [2.24, 2.45) is 0 Å². The van der Waals surface area contributed by atoms with Crippen LogP contribution in [0.25, 0.3) is 0 Å². The summed E-state index contributed by atoms with van der Waals surface area (Å²) in [5.74, 6) is 0.726. The third kappa shape index (κ3) is 2.42. The van der Waals surface area contributed by atoms with Gasteiger partial charge >= 0.3 is 0 Å². The van der Waals surface area contributed by atoms with Crippen LogP contribution < -0.4 is 0 Å². The lowest BCUT2D eigenvalue weighted by Gasteiger charge is -1.97. The number of benzene rings is 1. The topological polar surface area (TPSA) is 9.23 Å². The molecule has 0 aliphatic rings. The van der Waals surface area contributed by atoms with Crippen LogP contribution in [-0.4, -0.2) is 13.0 Å². The minimum Gasteiger partial charge on any atom is -0.374 e. The minimum absolute atomic E-state index is 0.726. The van der Waals surface area contributed by atoms with Crippen LogP contribution in [0.5, 0.6) is 0 Å². The number of hydrogen-bond acceptors (Lipinski definition) is 2.